The number of hydrazine groups is 2. The van der Waals surface area contributed by atoms with Crippen LogP contribution in [0.4, 0.5) is 0 Å². The average Bonchev–Trinajstić information content (AvgIpc) is 4.08. The predicted octanol–water partition coefficient (Wildman–Crippen LogP) is 2.72. The molecule has 2 heterocycles. The van der Waals surface area contributed by atoms with E-state index in [1.54, 1.807) is 54.7 Å². The number of para-hydroxylation sites is 1. The second-order valence-electron chi connectivity index (χ2n) is 23.3. The minimum atomic E-state index is -2.73. The van der Waals surface area contributed by atoms with E-state index in [9.17, 15) is 33.6 Å². The summed E-state index contributed by atoms with van der Waals surface area (Å²) in [5.74, 6) is -4.30. The standard InChI is InChI=1S/C57H91N11O12/c1-18-34(13)44(64-48(73)42(63-37(16)69)26-38-28-61-41-23-21-20-22-39(38)41)49(74)62-36(15)45(70)56(35(14)19-2,68(60)52(77)33(11)12)53(78)65-43(30(5)6)47(72)55(27-29(3)4,67(59)51(76)32(9)10)46(71)40-24-25-66(50(75)31(7)8)57(40,58)54(79)80-17/h20-23,28-36,40,42-44,61H,18-19,24-27,58-60H2,1-17H3,(H,62,74)(H,63,69)(H,64,73)(H,65,78). The molecule has 0 aliphatic carbocycles. The molecule has 11 N–H and O–H groups in total. The van der Waals surface area contributed by atoms with Crippen molar-refractivity contribution in [3.05, 3.63) is 36.0 Å². The van der Waals surface area contributed by atoms with Crippen molar-refractivity contribution < 1.29 is 57.5 Å². The first kappa shape index (κ1) is 67.7. The molecule has 0 saturated carbocycles. The molecule has 1 saturated heterocycles. The summed E-state index contributed by atoms with van der Waals surface area (Å²) in [7, 11) is 1.02. The van der Waals surface area contributed by atoms with Gasteiger partial charge in [-0.25, -0.2) is 16.5 Å². The third-order valence-corrected chi connectivity index (χ3v) is 15.6. The summed E-state index contributed by atoms with van der Waals surface area (Å²) in [6, 6.07) is 1.47. The van der Waals surface area contributed by atoms with E-state index in [2.05, 4.69) is 26.3 Å². The number of fused-ring (bicyclic) bond motifs is 1. The number of nitrogens with two attached hydrogens (primary N) is 3. The van der Waals surface area contributed by atoms with E-state index in [4.69, 9.17) is 22.2 Å². The van der Waals surface area contributed by atoms with Gasteiger partial charge in [-0.15, -0.1) is 0 Å². The van der Waals surface area contributed by atoms with Crippen molar-refractivity contribution in [2.75, 3.05) is 13.7 Å². The van der Waals surface area contributed by atoms with E-state index in [-0.39, 0.29) is 25.8 Å². The minimum Gasteiger partial charge on any atom is -0.466 e. The van der Waals surface area contributed by atoms with Crippen LogP contribution in [-0.4, -0.2) is 139 Å². The van der Waals surface area contributed by atoms with Crippen molar-refractivity contribution in [1.29, 1.82) is 0 Å². The molecule has 0 radical (unpaired) electrons. The van der Waals surface area contributed by atoms with Gasteiger partial charge >= 0.3 is 5.97 Å². The van der Waals surface area contributed by atoms with E-state index in [0.717, 1.165) is 28.5 Å². The summed E-state index contributed by atoms with van der Waals surface area (Å²) < 4.78 is 5.11. The molecule has 446 valence electrons. The fourth-order valence-electron chi connectivity index (χ4n) is 10.7. The second-order valence-corrected chi connectivity index (χ2v) is 23.3. The molecule has 0 bridgehead atoms. The molecule has 1 aromatic heterocycles. The number of Topliss-reactive ketones (excluding diaryl/α,β-unsaturated/α-hetero) is 3. The number of methoxy groups -OCH3 is 1. The predicted molar refractivity (Wildman–Crippen MR) is 300 cm³/mol. The summed E-state index contributed by atoms with van der Waals surface area (Å²) in [5.41, 5.74) is 0.444. The summed E-state index contributed by atoms with van der Waals surface area (Å²) in [6.07, 6.45) is 1.37. The van der Waals surface area contributed by atoms with Crippen molar-refractivity contribution in [2.45, 2.75) is 184 Å². The quantitative estimate of drug-likeness (QED) is 0.0200. The number of benzene rings is 1. The van der Waals surface area contributed by atoms with Crippen molar-refractivity contribution in [3.8, 4) is 0 Å². The Labute approximate surface area is 471 Å². The van der Waals surface area contributed by atoms with Gasteiger partial charge in [0.2, 0.25) is 41.1 Å². The highest BCUT2D eigenvalue weighted by molar-refractivity contribution is 6.20. The maximum Gasteiger partial charge on any atom is 0.347 e. The van der Waals surface area contributed by atoms with Gasteiger partial charge in [0.05, 0.1) is 25.1 Å². The van der Waals surface area contributed by atoms with E-state index in [1.807, 2.05) is 24.3 Å². The van der Waals surface area contributed by atoms with Crippen LogP contribution in [0.25, 0.3) is 10.9 Å². The monoisotopic (exact) mass is 1120 g/mol. The van der Waals surface area contributed by atoms with Crippen molar-refractivity contribution >= 4 is 75.6 Å². The summed E-state index contributed by atoms with van der Waals surface area (Å²) in [4.78, 5) is 165. The van der Waals surface area contributed by atoms with Gasteiger partial charge in [0, 0.05) is 54.7 Å². The molecule has 10 atom stereocenters. The van der Waals surface area contributed by atoms with Crippen LogP contribution in [-0.2, 0) is 63.9 Å². The number of aromatic amines is 1. The number of likely N-dealkylation sites (tertiary alicyclic amines) is 1. The molecule has 80 heavy (non-hydrogen) atoms. The lowest BCUT2D eigenvalue weighted by molar-refractivity contribution is -0.170. The lowest BCUT2D eigenvalue weighted by Crippen LogP contribution is -2.77. The van der Waals surface area contributed by atoms with Gasteiger partial charge in [-0.1, -0.05) is 128 Å². The van der Waals surface area contributed by atoms with Gasteiger partial charge in [-0.05, 0) is 55.1 Å². The molecule has 1 fully saturated rings. The molecule has 10 unspecified atom stereocenters. The molecule has 3 rings (SSSR count). The Bertz CT molecular complexity index is 2630. The van der Waals surface area contributed by atoms with Crippen molar-refractivity contribution in [3.63, 3.8) is 0 Å². The lowest BCUT2D eigenvalue weighted by atomic mass is 9.69. The molecule has 2 aromatic rings. The zero-order chi connectivity index (χ0) is 61.3. The van der Waals surface area contributed by atoms with Crippen LogP contribution in [0.1, 0.15) is 142 Å². The normalized spacial score (nSPS) is 19.3. The number of esters is 1. The largest absolute Gasteiger partial charge is 0.466 e. The zero-order valence-corrected chi connectivity index (χ0v) is 50.0. The zero-order valence-electron chi connectivity index (χ0n) is 50.0. The number of aromatic nitrogens is 1. The minimum absolute atomic E-state index is 0.000337. The first-order valence-electron chi connectivity index (χ1n) is 27.9. The molecular weight excluding hydrogens is 1030 g/mol. The van der Waals surface area contributed by atoms with Crippen LogP contribution in [0.15, 0.2) is 30.5 Å². The Morgan fingerprint density at radius 3 is 1.82 bits per heavy atom. The molecular formula is C57H91N11O12. The highest BCUT2D eigenvalue weighted by Gasteiger charge is 2.66. The van der Waals surface area contributed by atoms with Gasteiger partial charge in [0.25, 0.3) is 5.91 Å². The van der Waals surface area contributed by atoms with Gasteiger partial charge in [0.15, 0.2) is 28.4 Å². The summed E-state index contributed by atoms with van der Waals surface area (Å²) in [6.45, 7) is 24.3. The average molecular weight is 1120 g/mol. The number of ether oxygens (including phenoxy) is 1. The summed E-state index contributed by atoms with van der Waals surface area (Å²) in [5, 5.41) is 12.7. The number of amides is 7. The Morgan fingerprint density at radius 1 is 0.750 bits per heavy atom. The van der Waals surface area contributed by atoms with Crippen LogP contribution in [0.2, 0.25) is 0 Å². The van der Waals surface area contributed by atoms with E-state index < -0.39 is 159 Å². The number of nitrogens with one attached hydrogen (secondary N) is 5. The number of H-pyrrole nitrogens is 1. The molecule has 23 heteroatoms. The smallest absolute Gasteiger partial charge is 0.347 e. The molecule has 23 nitrogen and oxygen atoms in total. The van der Waals surface area contributed by atoms with Crippen LogP contribution < -0.4 is 38.7 Å². The van der Waals surface area contributed by atoms with Crippen LogP contribution >= 0.6 is 0 Å². The van der Waals surface area contributed by atoms with Crippen molar-refractivity contribution in [1.82, 2.24) is 41.2 Å². The Hall–Kier alpha value is -6.59. The highest BCUT2D eigenvalue weighted by Crippen LogP contribution is 2.41. The number of ketones is 3. The Morgan fingerprint density at radius 2 is 1.32 bits per heavy atom. The van der Waals surface area contributed by atoms with E-state index >= 15 is 19.2 Å². The number of carbonyl (C=O) groups excluding carboxylic acids is 11. The van der Waals surface area contributed by atoms with Crippen LogP contribution in [0, 0.1) is 47.3 Å². The molecule has 1 aliphatic heterocycles. The number of hydrogen-bond acceptors (Lipinski definition) is 15. The van der Waals surface area contributed by atoms with Crippen molar-refractivity contribution in [2.24, 2.45) is 64.8 Å². The maximum absolute atomic E-state index is 16.1. The fourth-order valence-corrected chi connectivity index (χ4v) is 10.7. The SMILES string of the molecule is CCC(C)C(NC(=O)C(Cc1c[nH]c2ccccc12)NC(C)=O)C(=O)NC(C)C(=O)C(C(=O)NC(C(=O)C(CC(C)C)(C(=O)C1CCN(C(=O)C(C)C)C1(N)C(=O)OC)N(N)C(=O)C(C)C)C(C)C)(C(C)CC)N(N)C(=O)C(C)C. The van der Waals surface area contributed by atoms with Gasteiger partial charge < -0.3 is 35.9 Å². The van der Waals surface area contributed by atoms with Gasteiger partial charge in [-0.2, -0.15) is 0 Å². The third-order valence-electron chi connectivity index (χ3n) is 15.6. The first-order chi connectivity index (χ1) is 37.1. The number of carbonyl (C=O) groups is 11. The molecule has 1 aromatic carbocycles. The number of nitrogens with zero attached hydrogens (tertiary/aromatic N) is 3. The van der Waals surface area contributed by atoms with E-state index in [1.165, 1.54) is 62.3 Å². The first-order valence-corrected chi connectivity index (χ1v) is 27.9. The fraction of sp³-hybridized carbons (Fsp3) is 0.667. The second kappa shape index (κ2) is 27.7. The lowest BCUT2D eigenvalue weighted by Gasteiger charge is -2.47. The Kier molecular flexibility index (Phi) is 23.5. The van der Waals surface area contributed by atoms with E-state index in [0.29, 0.717) is 16.4 Å². The third kappa shape index (κ3) is 13.6. The topological polar surface area (TPSA) is 349 Å². The molecule has 7 amide bonds. The molecule has 1 aliphatic rings. The molecule has 0 spiro atoms. The van der Waals surface area contributed by atoms with Crippen LogP contribution in [0.5, 0.6) is 0 Å². The number of hydrogen-bond donors (Lipinski definition) is 8. The van der Waals surface area contributed by atoms with Gasteiger partial charge in [-0.3, -0.25) is 63.7 Å². The number of rotatable bonds is 28. The highest BCUT2D eigenvalue weighted by atomic mass is 16.5. The van der Waals surface area contributed by atoms with Gasteiger partial charge in [0.1, 0.15) is 12.1 Å². The van der Waals surface area contributed by atoms with Crippen LogP contribution in [0.3, 0.4) is 0 Å². The Balaban J connectivity index is 2.29. The maximum atomic E-state index is 16.1. The summed E-state index contributed by atoms with van der Waals surface area (Å²) >= 11 is 0.